The monoisotopic (exact) mass is 558 g/mol. The summed E-state index contributed by atoms with van der Waals surface area (Å²) >= 11 is 0. The molecule has 0 bridgehead atoms. The number of nitrogens with one attached hydrogen (secondary N) is 1. The summed E-state index contributed by atoms with van der Waals surface area (Å²) in [5.41, 5.74) is 17.5. The number of aliphatic hydroxyl groups is 7. The Morgan fingerprint density at radius 2 is 1.55 bits per heavy atom. The van der Waals surface area contributed by atoms with Crippen LogP contribution >= 0.6 is 0 Å². The summed E-state index contributed by atoms with van der Waals surface area (Å²) in [6.45, 7) is -0.202. The zero-order chi connectivity index (χ0) is 28.3. The maximum absolute atomic E-state index is 12.4. The molecule has 15 unspecified atom stereocenters. The molecule has 38 heavy (non-hydrogen) atoms. The van der Waals surface area contributed by atoms with Gasteiger partial charge in [0.1, 0.15) is 67.6 Å². The summed E-state index contributed by atoms with van der Waals surface area (Å²) in [5, 5.41) is 74.3. The van der Waals surface area contributed by atoms with Crippen molar-refractivity contribution in [3.8, 4) is 0 Å². The number of rotatable bonds is 10. The molecule has 3 fully saturated rings. The molecule has 2 saturated heterocycles. The van der Waals surface area contributed by atoms with Gasteiger partial charge in [0.05, 0.1) is 19.2 Å². The molecule has 0 aromatic heterocycles. The van der Waals surface area contributed by atoms with Gasteiger partial charge in [0.2, 0.25) is 12.2 Å². The minimum absolute atomic E-state index is 0.0248. The van der Waals surface area contributed by atoms with E-state index in [9.17, 15) is 40.5 Å². The molecule has 3 rings (SSSR count). The molecule has 1 amide bonds. The highest BCUT2D eigenvalue weighted by Crippen LogP contribution is 2.32. The Hall–Kier alpha value is -1.13. The Balaban J connectivity index is 1.84. The first-order valence-electron chi connectivity index (χ1n) is 12.7. The Morgan fingerprint density at radius 3 is 2.13 bits per heavy atom. The molecular formula is C21H44N5O12+3. The zero-order valence-electron chi connectivity index (χ0n) is 21.1. The van der Waals surface area contributed by atoms with Crippen LogP contribution in [-0.2, 0) is 23.7 Å². The van der Waals surface area contributed by atoms with Crippen molar-refractivity contribution in [2.24, 2.45) is 5.73 Å². The fourth-order valence-corrected chi connectivity index (χ4v) is 4.96. The summed E-state index contributed by atoms with van der Waals surface area (Å²) in [7, 11) is 0. The molecule has 0 radical (unpaired) electrons. The van der Waals surface area contributed by atoms with Gasteiger partial charge >= 0.3 is 0 Å². The molecule has 1 saturated carbocycles. The number of ether oxygens (including phenoxy) is 4. The van der Waals surface area contributed by atoms with E-state index >= 15 is 0 Å². The largest absolute Gasteiger partial charge is 0.394 e. The first-order chi connectivity index (χ1) is 17.9. The molecule has 2 heterocycles. The number of carbonyl (C=O) groups is 1. The van der Waals surface area contributed by atoms with Gasteiger partial charge in [-0.1, -0.05) is 0 Å². The van der Waals surface area contributed by atoms with Crippen LogP contribution in [0.15, 0.2) is 0 Å². The summed E-state index contributed by atoms with van der Waals surface area (Å²) < 4.78 is 23.0. The van der Waals surface area contributed by atoms with Gasteiger partial charge < -0.3 is 82.9 Å². The molecule has 17 heteroatoms. The topological polar surface area (TPSA) is 317 Å². The predicted molar refractivity (Wildman–Crippen MR) is 122 cm³/mol. The molecule has 3 aliphatic rings. The van der Waals surface area contributed by atoms with Crippen LogP contribution in [0.4, 0.5) is 0 Å². The predicted octanol–water partition coefficient (Wildman–Crippen LogP) is -9.94. The van der Waals surface area contributed by atoms with Crippen molar-refractivity contribution in [2.75, 3.05) is 19.7 Å². The molecule has 222 valence electrons. The van der Waals surface area contributed by atoms with Gasteiger partial charge in [-0.2, -0.15) is 0 Å². The van der Waals surface area contributed by atoms with Gasteiger partial charge in [0.15, 0.2) is 12.3 Å². The maximum atomic E-state index is 12.4. The summed E-state index contributed by atoms with van der Waals surface area (Å²) in [4.78, 5) is 12.4. The lowest BCUT2D eigenvalue weighted by Crippen LogP contribution is -2.80. The van der Waals surface area contributed by atoms with Crippen LogP contribution in [0, 0.1) is 0 Å². The van der Waals surface area contributed by atoms with E-state index in [1.165, 1.54) is 0 Å². The van der Waals surface area contributed by atoms with Gasteiger partial charge in [0, 0.05) is 12.5 Å². The van der Waals surface area contributed by atoms with Crippen molar-refractivity contribution in [3.63, 3.8) is 0 Å². The fraction of sp³-hybridized carbons (Fsp3) is 0.952. The second-order valence-electron chi connectivity index (χ2n) is 10.0. The molecule has 1 aliphatic carbocycles. The fourth-order valence-electron chi connectivity index (χ4n) is 4.96. The third-order valence-corrected chi connectivity index (χ3v) is 7.32. The average Bonchev–Trinajstić information content (AvgIpc) is 3.16. The third-order valence-electron chi connectivity index (χ3n) is 7.32. The number of hydrogen-bond acceptors (Lipinski definition) is 13. The Labute approximate surface area is 218 Å². The van der Waals surface area contributed by atoms with Crippen molar-refractivity contribution < 1.29 is 76.7 Å². The van der Waals surface area contributed by atoms with Crippen molar-refractivity contribution in [1.82, 2.24) is 5.32 Å². The quantitative estimate of drug-likeness (QED) is 0.119. The minimum atomic E-state index is -1.59. The van der Waals surface area contributed by atoms with E-state index in [0.29, 0.717) is 6.54 Å². The van der Waals surface area contributed by atoms with Crippen LogP contribution in [0.1, 0.15) is 12.8 Å². The number of nitrogens with two attached hydrogens (primary N) is 1. The Bertz CT molecular complexity index is 770. The van der Waals surface area contributed by atoms with Crippen molar-refractivity contribution in [1.29, 1.82) is 0 Å². The molecule has 15 atom stereocenters. The highest BCUT2D eigenvalue weighted by atomic mass is 16.7. The molecule has 2 aliphatic heterocycles. The molecule has 0 aromatic rings. The Morgan fingerprint density at radius 1 is 0.947 bits per heavy atom. The lowest BCUT2D eigenvalue weighted by Gasteiger charge is -2.47. The van der Waals surface area contributed by atoms with Crippen molar-refractivity contribution in [3.05, 3.63) is 0 Å². The molecule has 19 N–H and O–H groups in total. The van der Waals surface area contributed by atoms with E-state index in [-0.39, 0.29) is 19.4 Å². The molecule has 17 nitrogen and oxygen atoms in total. The van der Waals surface area contributed by atoms with Crippen LogP contribution in [0.3, 0.4) is 0 Å². The van der Waals surface area contributed by atoms with E-state index in [4.69, 9.17) is 24.7 Å². The molecule has 0 aromatic carbocycles. The maximum Gasteiger partial charge on any atom is 0.249 e. The van der Waals surface area contributed by atoms with Crippen LogP contribution in [0.5, 0.6) is 0 Å². The number of hydrogen-bond donors (Lipinski definition) is 12. The highest BCUT2D eigenvalue weighted by Gasteiger charge is 2.53. The molecule has 0 spiro atoms. The van der Waals surface area contributed by atoms with Crippen LogP contribution in [0.2, 0.25) is 0 Å². The van der Waals surface area contributed by atoms with Crippen molar-refractivity contribution in [2.45, 2.75) is 105 Å². The van der Waals surface area contributed by atoms with E-state index in [2.05, 4.69) is 22.5 Å². The number of aliphatic hydroxyl groups excluding tert-OH is 7. The zero-order valence-corrected chi connectivity index (χ0v) is 21.1. The van der Waals surface area contributed by atoms with Gasteiger partial charge in [-0.3, -0.25) is 4.79 Å². The highest BCUT2D eigenvalue weighted by molar-refractivity contribution is 5.80. The first kappa shape index (κ1) is 31.4. The minimum Gasteiger partial charge on any atom is -0.394 e. The lowest BCUT2D eigenvalue weighted by atomic mass is 9.83. The van der Waals surface area contributed by atoms with Gasteiger partial charge in [-0.25, -0.2) is 0 Å². The Kier molecular flexibility index (Phi) is 11.1. The second-order valence-corrected chi connectivity index (χ2v) is 10.0. The van der Waals surface area contributed by atoms with Crippen LogP contribution < -0.4 is 28.3 Å². The third kappa shape index (κ3) is 6.60. The van der Waals surface area contributed by atoms with E-state index in [0.717, 1.165) is 0 Å². The van der Waals surface area contributed by atoms with Crippen LogP contribution in [-0.4, -0.2) is 153 Å². The van der Waals surface area contributed by atoms with Crippen LogP contribution in [0.25, 0.3) is 0 Å². The number of quaternary nitrogens is 3. The van der Waals surface area contributed by atoms with Gasteiger partial charge in [-0.15, -0.1) is 0 Å². The van der Waals surface area contributed by atoms with E-state index in [1.54, 1.807) is 0 Å². The second kappa shape index (κ2) is 13.5. The standard InChI is InChI=1S/C21H41N5O12/c22-2-1-8(28)19(34)26-7-3-6(24)17(37-20-11(25)15(32)13(30)9(4-23)35-20)18(12(7)29)38-21-16(33)14(31)10(5-27)36-21/h6-18,20-21,27-33H,1-5,22-25H2,(H,26,34)/p+3. The van der Waals surface area contributed by atoms with Gasteiger partial charge in [-0.05, 0) is 6.42 Å². The number of amides is 1. The SMILES string of the molecule is NC1CC(NC(=O)C(O)CC[NH3+])C(O)C(OC2OC(CO)C(O)C2O)C1OC1OC(C[NH3+])C(O)C(O)C1[NH3+]. The normalized spacial score (nSPS) is 46.6. The first-order valence-corrected chi connectivity index (χ1v) is 12.7. The lowest BCUT2D eigenvalue weighted by molar-refractivity contribution is -0.514. The summed E-state index contributed by atoms with van der Waals surface area (Å²) in [6, 6.07) is -2.91. The summed E-state index contributed by atoms with van der Waals surface area (Å²) in [5.74, 6) is -0.750. The van der Waals surface area contributed by atoms with E-state index < -0.39 is 104 Å². The molecular weight excluding hydrogens is 514 g/mol. The smallest absolute Gasteiger partial charge is 0.249 e. The van der Waals surface area contributed by atoms with E-state index in [1.807, 2.05) is 0 Å². The van der Waals surface area contributed by atoms with Crippen molar-refractivity contribution >= 4 is 5.91 Å². The average molecular weight is 559 g/mol. The van der Waals surface area contributed by atoms with Gasteiger partial charge in [0.25, 0.3) is 0 Å². The summed E-state index contributed by atoms with van der Waals surface area (Å²) in [6.07, 6.45) is -15.7. The number of carbonyl (C=O) groups excluding carboxylic acids is 1.